The molecule has 0 bridgehead atoms. The Kier molecular flexibility index (Phi) is 6.34. The molecule has 5 rings (SSSR count). The summed E-state index contributed by atoms with van der Waals surface area (Å²) in [6.45, 7) is 4.59. The molecule has 3 heterocycles. The molecule has 180 valence electrons. The molecule has 35 heavy (non-hydrogen) atoms. The molecule has 9 heteroatoms. The Balaban J connectivity index is 1.32. The van der Waals surface area contributed by atoms with Crippen molar-refractivity contribution in [2.75, 3.05) is 19.4 Å². The van der Waals surface area contributed by atoms with Crippen molar-refractivity contribution >= 4 is 28.7 Å². The molecule has 0 radical (unpaired) electrons. The third-order valence-corrected chi connectivity index (χ3v) is 7.34. The number of hydrogen-bond acceptors (Lipinski definition) is 6. The van der Waals surface area contributed by atoms with Gasteiger partial charge in [0.1, 0.15) is 11.1 Å². The van der Waals surface area contributed by atoms with Gasteiger partial charge in [0.25, 0.3) is 5.56 Å². The monoisotopic (exact) mass is 489 g/mol. The van der Waals surface area contributed by atoms with E-state index in [2.05, 4.69) is 16.5 Å². The lowest BCUT2D eigenvalue weighted by molar-refractivity contribution is -0.121. The van der Waals surface area contributed by atoms with E-state index in [1.165, 1.54) is 11.8 Å². The minimum atomic E-state index is -0.235. The van der Waals surface area contributed by atoms with Crippen LogP contribution < -0.4 is 15.6 Å². The zero-order chi connectivity index (χ0) is 24.5. The predicted octanol–water partition coefficient (Wildman–Crippen LogP) is 3.60. The highest BCUT2D eigenvalue weighted by Crippen LogP contribution is 2.33. The number of carbonyl (C=O) groups excluding carboxylic acids is 1. The summed E-state index contributed by atoms with van der Waals surface area (Å²) >= 11 is 1.50. The first-order chi connectivity index (χ1) is 16.9. The highest BCUT2D eigenvalue weighted by molar-refractivity contribution is 7.99. The highest BCUT2D eigenvalue weighted by Gasteiger charge is 2.29. The van der Waals surface area contributed by atoms with Crippen LogP contribution in [0.15, 0.2) is 58.6 Å². The van der Waals surface area contributed by atoms with E-state index in [-0.39, 0.29) is 23.9 Å². The number of rotatable bonds is 7. The predicted molar refractivity (Wildman–Crippen MR) is 137 cm³/mol. The fourth-order valence-corrected chi connectivity index (χ4v) is 5.59. The van der Waals surface area contributed by atoms with Crippen molar-refractivity contribution in [1.29, 1.82) is 0 Å². The third kappa shape index (κ3) is 4.55. The zero-order valence-corrected chi connectivity index (χ0v) is 20.8. The molecule has 2 aromatic heterocycles. The van der Waals surface area contributed by atoms with E-state index >= 15 is 0 Å². The second kappa shape index (κ2) is 9.58. The van der Waals surface area contributed by atoms with E-state index in [9.17, 15) is 9.59 Å². The van der Waals surface area contributed by atoms with Crippen LogP contribution in [0, 0.1) is 13.8 Å². The minimum absolute atomic E-state index is 0.0793. The maximum atomic E-state index is 13.4. The lowest BCUT2D eigenvalue weighted by Crippen LogP contribution is -2.31. The van der Waals surface area contributed by atoms with Crippen LogP contribution in [0.3, 0.4) is 0 Å². The molecule has 1 aliphatic rings. The summed E-state index contributed by atoms with van der Waals surface area (Å²) in [7, 11) is 1.64. The van der Waals surface area contributed by atoms with Crippen molar-refractivity contribution in [3.05, 3.63) is 75.7 Å². The van der Waals surface area contributed by atoms with Crippen molar-refractivity contribution in [1.82, 2.24) is 24.6 Å². The standard InChI is InChI=1S/C26H27N5O3S/c1-16-7-8-22(17(2)11-16)31-24-21(14-28-31)25(33)30-19(15-35-26(30)29-24)13-23(32)27-10-9-18-5-4-6-20(12-18)34-3/h4-8,11-12,14,19H,9-10,13,15H2,1-3H3,(H,27,32). The molecular formula is C26H27N5O3S. The molecule has 4 aromatic rings. The molecule has 1 atom stereocenters. The fraction of sp³-hybridized carbons (Fsp3) is 0.308. The normalized spacial score (nSPS) is 14.8. The SMILES string of the molecule is COc1cccc(CCNC(=O)CC2CSc3nc4c(cnn4-c4ccc(C)cc4C)c(=O)n32)c1. The largest absolute Gasteiger partial charge is 0.497 e. The average molecular weight is 490 g/mol. The lowest BCUT2D eigenvalue weighted by atomic mass is 10.1. The molecule has 0 saturated carbocycles. The number of aromatic nitrogens is 4. The van der Waals surface area contributed by atoms with Crippen LogP contribution >= 0.6 is 11.8 Å². The first kappa shape index (κ1) is 23.2. The third-order valence-electron chi connectivity index (χ3n) is 6.24. The van der Waals surface area contributed by atoms with Crippen molar-refractivity contribution in [3.8, 4) is 11.4 Å². The molecule has 1 amide bonds. The first-order valence-corrected chi connectivity index (χ1v) is 12.5. The molecule has 2 aromatic carbocycles. The van der Waals surface area contributed by atoms with Crippen LogP contribution in [-0.2, 0) is 11.2 Å². The Morgan fingerprint density at radius 3 is 2.89 bits per heavy atom. The van der Waals surface area contributed by atoms with Gasteiger partial charge in [-0.1, -0.05) is 41.6 Å². The molecule has 1 aliphatic heterocycles. The van der Waals surface area contributed by atoms with Crippen LogP contribution in [0.1, 0.15) is 29.2 Å². The maximum absolute atomic E-state index is 13.4. The van der Waals surface area contributed by atoms with Gasteiger partial charge in [0.05, 0.1) is 25.0 Å². The number of fused-ring (bicyclic) bond motifs is 2. The number of aryl methyl sites for hydroxylation is 2. The molecule has 1 N–H and O–H groups in total. The van der Waals surface area contributed by atoms with E-state index in [0.29, 0.717) is 34.9 Å². The van der Waals surface area contributed by atoms with Crippen LogP contribution in [0.2, 0.25) is 0 Å². The van der Waals surface area contributed by atoms with Gasteiger partial charge in [0.2, 0.25) is 5.91 Å². The maximum Gasteiger partial charge on any atom is 0.265 e. The van der Waals surface area contributed by atoms with Crippen LogP contribution in [0.4, 0.5) is 0 Å². The number of nitrogens with zero attached hydrogens (tertiary/aromatic N) is 4. The number of nitrogens with one attached hydrogen (secondary N) is 1. The van der Waals surface area contributed by atoms with E-state index in [4.69, 9.17) is 9.72 Å². The molecule has 0 aliphatic carbocycles. The summed E-state index contributed by atoms with van der Waals surface area (Å²) in [6, 6.07) is 13.7. The lowest BCUT2D eigenvalue weighted by Gasteiger charge is -2.14. The Morgan fingerprint density at radius 2 is 2.09 bits per heavy atom. The van der Waals surface area contributed by atoms with Crippen molar-refractivity contribution < 1.29 is 9.53 Å². The minimum Gasteiger partial charge on any atom is -0.497 e. The second-order valence-electron chi connectivity index (χ2n) is 8.77. The number of carbonyl (C=O) groups is 1. The smallest absolute Gasteiger partial charge is 0.265 e. The molecule has 8 nitrogen and oxygen atoms in total. The van der Waals surface area contributed by atoms with E-state index in [1.807, 2.05) is 50.2 Å². The van der Waals surface area contributed by atoms with Crippen molar-refractivity contribution in [2.45, 2.75) is 37.9 Å². The molecule has 0 spiro atoms. The van der Waals surface area contributed by atoms with Gasteiger partial charge >= 0.3 is 0 Å². The van der Waals surface area contributed by atoms with E-state index < -0.39 is 0 Å². The first-order valence-electron chi connectivity index (χ1n) is 11.5. The Bertz CT molecular complexity index is 1480. The number of amides is 1. The van der Waals surface area contributed by atoms with E-state index in [0.717, 1.165) is 28.1 Å². The highest BCUT2D eigenvalue weighted by atomic mass is 32.2. The topological polar surface area (TPSA) is 91.0 Å². The van der Waals surface area contributed by atoms with Crippen LogP contribution in [0.5, 0.6) is 5.75 Å². The van der Waals surface area contributed by atoms with E-state index in [1.54, 1.807) is 22.6 Å². The fourth-order valence-electron chi connectivity index (χ4n) is 4.46. The van der Waals surface area contributed by atoms with Gasteiger partial charge in [-0.2, -0.15) is 5.10 Å². The van der Waals surface area contributed by atoms with Crippen molar-refractivity contribution in [3.63, 3.8) is 0 Å². The van der Waals surface area contributed by atoms with Gasteiger partial charge in [0, 0.05) is 18.7 Å². The summed E-state index contributed by atoms with van der Waals surface area (Å²) in [6.07, 6.45) is 2.51. The quantitative estimate of drug-likeness (QED) is 0.399. The summed E-state index contributed by atoms with van der Waals surface area (Å²) < 4.78 is 8.63. The summed E-state index contributed by atoms with van der Waals surface area (Å²) in [5.41, 5.74) is 4.61. The Morgan fingerprint density at radius 1 is 1.23 bits per heavy atom. The molecule has 0 saturated heterocycles. The Labute approximate surface area is 207 Å². The van der Waals surface area contributed by atoms with Crippen molar-refractivity contribution in [2.24, 2.45) is 0 Å². The number of thioether (sulfide) groups is 1. The molecule has 0 fully saturated rings. The summed E-state index contributed by atoms with van der Waals surface area (Å²) in [4.78, 5) is 30.8. The summed E-state index contributed by atoms with van der Waals surface area (Å²) in [5.74, 6) is 1.35. The van der Waals surface area contributed by atoms with Gasteiger partial charge < -0.3 is 10.1 Å². The Hall–Kier alpha value is -3.59. The second-order valence-corrected chi connectivity index (χ2v) is 9.76. The van der Waals surface area contributed by atoms with Crippen LogP contribution in [-0.4, -0.2) is 44.6 Å². The van der Waals surface area contributed by atoms with Gasteiger partial charge in [-0.3, -0.25) is 14.2 Å². The van der Waals surface area contributed by atoms with Gasteiger partial charge in [-0.25, -0.2) is 9.67 Å². The zero-order valence-electron chi connectivity index (χ0n) is 19.9. The van der Waals surface area contributed by atoms with Crippen LogP contribution in [0.25, 0.3) is 16.7 Å². The number of benzene rings is 2. The molecule has 1 unspecified atom stereocenters. The number of ether oxygens (including phenoxy) is 1. The van der Waals surface area contributed by atoms with Gasteiger partial charge in [-0.05, 0) is 49.6 Å². The summed E-state index contributed by atoms with van der Waals surface area (Å²) in [5, 5.41) is 8.53. The molecular weight excluding hydrogens is 462 g/mol. The number of methoxy groups -OCH3 is 1. The average Bonchev–Trinajstić information content (AvgIpc) is 3.44. The number of hydrogen-bond donors (Lipinski definition) is 1. The van der Waals surface area contributed by atoms with Gasteiger partial charge in [-0.15, -0.1) is 0 Å². The van der Waals surface area contributed by atoms with Gasteiger partial charge in [0.15, 0.2) is 10.8 Å².